The van der Waals surface area contributed by atoms with Crippen molar-refractivity contribution in [3.05, 3.63) is 41.2 Å². The zero-order valence-corrected chi connectivity index (χ0v) is 18.8. The number of anilines is 3. The number of rotatable bonds is 5. The fraction of sp³-hybridized carbons (Fsp3) is 0.391. The first-order valence-corrected chi connectivity index (χ1v) is 11.1. The first kappa shape index (κ1) is 21.2. The molecule has 0 bridgehead atoms. The maximum Gasteiger partial charge on any atom is 0.356 e. The van der Waals surface area contributed by atoms with Gasteiger partial charge in [-0.25, -0.2) is 14.8 Å². The van der Waals surface area contributed by atoms with E-state index in [0.717, 1.165) is 56.0 Å². The molecule has 0 atom stereocenters. The van der Waals surface area contributed by atoms with Gasteiger partial charge in [-0.1, -0.05) is 0 Å². The summed E-state index contributed by atoms with van der Waals surface area (Å²) in [5.74, 6) is 0.0904. The standard InChI is InChI=1S/C23H27N7O3/c1-29-8-10-30(11-9-29)15-6-7-17(18(12-15)33-2)25-23-24-13-14-4-3-5-16-20(19(14)26-23)27-28-21(16)22(31)32/h6-7,12-13H,3-5,8-11H2,1-2H3,(H,27,28)(H,31,32)(H,24,25,26). The van der Waals surface area contributed by atoms with E-state index in [1.165, 1.54) is 0 Å². The normalized spacial score (nSPS) is 16.0. The van der Waals surface area contributed by atoms with E-state index >= 15 is 0 Å². The molecule has 2 aromatic heterocycles. The molecule has 33 heavy (non-hydrogen) atoms. The van der Waals surface area contributed by atoms with Crippen molar-refractivity contribution in [3.63, 3.8) is 0 Å². The van der Waals surface area contributed by atoms with Crippen LogP contribution in [0.5, 0.6) is 5.75 Å². The highest BCUT2D eigenvalue weighted by Crippen LogP contribution is 2.34. The Morgan fingerprint density at radius 3 is 2.79 bits per heavy atom. The number of likely N-dealkylation sites (N-methyl/N-ethyl adjacent to an activating group) is 1. The first-order valence-electron chi connectivity index (χ1n) is 11.1. The summed E-state index contributed by atoms with van der Waals surface area (Å²) in [6.07, 6.45) is 4.03. The Morgan fingerprint density at radius 1 is 1.21 bits per heavy atom. The van der Waals surface area contributed by atoms with Crippen molar-refractivity contribution in [2.24, 2.45) is 0 Å². The summed E-state index contributed by atoms with van der Waals surface area (Å²) in [5.41, 5.74) is 4.96. The quantitative estimate of drug-likeness (QED) is 0.540. The van der Waals surface area contributed by atoms with Crippen LogP contribution in [0.15, 0.2) is 24.4 Å². The summed E-state index contributed by atoms with van der Waals surface area (Å²) in [6.45, 7) is 4.02. The number of piperazine rings is 1. The van der Waals surface area contributed by atoms with Gasteiger partial charge in [-0.05, 0) is 44.0 Å². The number of nitrogens with one attached hydrogen (secondary N) is 2. The van der Waals surface area contributed by atoms with Gasteiger partial charge >= 0.3 is 5.97 Å². The minimum atomic E-state index is -1.03. The van der Waals surface area contributed by atoms with Crippen molar-refractivity contribution in [2.75, 3.05) is 50.6 Å². The lowest BCUT2D eigenvalue weighted by molar-refractivity contribution is 0.0689. The third-order valence-electron chi connectivity index (χ3n) is 6.34. The maximum atomic E-state index is 11.5. The zero-order valence-electron chi connectivity index (χ0n) is 18.8. The number of aromatic carboxylic acids is 1. The Balaban J connectivity index is 1.43. The van der Waals surface area contributed by atoms with Crippen LogP contribution in [0.25, 0.3) is 11.4 Å². The SMILES string of the molecule is COc1cc(N2CCN(C)CC2)ccc1Nc1ncc2c(n1)-c1[nH]nc(C(=O)O)c1CCC2. The van der Waals surface area contributed by atoms with Gasteiger partial charge in [0.2, 0.25) is 5.95 Å². The second-order valence-electron chi connectivity index (χ2n) is 8.45. The second kappa shape index (κ2) is 8.70. The van der Waals surface area contributed by atoms with Gasteiger partial charge in [0, 0.05) is 49.7 Å². The highest BCUT2D eigenvalue weighted by molar-refractivity contribution is 5.89. The molecule has 1 aromatic carbocycles. The highest BCUT2D eigenvalue weighted by atomic mass is 16.5. The molecule has 1 aliphatic carbocycles. The minimum Gasteiger partial charge on any atom is -0.494 e. The number of benzene rings is 1. The fourth-order valence-corrected chi connectivity index (χ4v) is 4.47. The third-order valence-corrected chi connectivity index (χ3v) is 6.34. The van der Waals surface area contributed by atoms with E-state index in [-0.39, 0.29) is 5.69 Å². The Kier molecular flexibility index (Phi) is 5.59. The number of aryl methyl sites for hydroxylation is 1. The van der Waals surface area contributed by atoms with Gasteiger partial charge in [0.15, 0.2) is 5.69 Å². The van der Waals surface area contributed by atoms with Gasteiger partial charge in [-0.2, -0.15) is 5.10 Å². The molecular weight excluding hydrogens is 422 g/mol. The van der Waals surface area contributed by atoms with Crippen molar-refractivity contribution in [1.29, 1.82) is 0 Å². The number of carbonyl (C=O) groups is 1. The summed E-state index contributed by atoms with van der Waals surface area (Å²) in [7, 11) is 3.79. The summed E-state index contributed by atoms with van der Waals surface area (Å²) < 4.78 is 5.65. The van der Waals surface area contributed by atoms with Gasteiger partial charge in [0.25, 0.3) is 0 Å². The van der Waals surface area contributed by atoms with E-state index in [2.05, 4.69) is 43.4 Å². The van der Waals surface area contributed by atoms with Crippen LogP contribution in [-0.2, 0) is 12.8 Å². The van der Waals surface area contributed by atoms with Crippen molar-refractivity contribution < 1.29 is 14.6 Å². The highest BCUT2D eigenvalue weighted by Gasteiger charge is 2.25. The topological polar surface area (TPSA) is 120 Å². The van der Waals surface area contributed by atoms with Gasteiger partial charge in [0.05, 0.1) is 24.2 Å². The Bertz CT molecular complexity index is 1180. The van der Waals surface area contributed by atoms with Gasteiger partial charge in [-0.3, -0.25) is 5.10 Å². The first-order chi connectivity index (χ1) is 16.0. The molecule has 10 heteroatoms. The lowest BCUT2D eigenvalue weighted by Gasteiger charge is -2.34. The Morgan fingerprint density at radius 2 is 2.03 bits per heavy atom. The Hall–Kier alpha value is -3.66. The van der Waals surface area contributed by atoms with E-state index < -0.39 is 5.97 Å². The van der Waals surface area contributed by atoms with Crippen molar-refractivity contribution in [3.8, 4) is 17.1 Å². The van der Waals surface area contributed by atoms with Crippen molar-refractivity contribution in [2.45, 2.75) is 19.3 Å². The molecule has 0 saturated carbocycles. The molecule has 3 aromatic rings. The van der Waals surface area contributed by atoms with Crippen LogP contribution in [0.1, 0.15) is 28.0 Å². The predicted molar refractivity (Wildman–Crippen MR) is 125 cm³/mol. The van der Waals surface area contributed by atoms with E-state index in [1.807, 2.05) is 12.1 Å². The summed E-state index contributed by atoms with van der Waals surface area (Å²) in [4.78, 5) is 25.4. The van der Waals surface area contributed by atoms with E-state index in [4.69, 9.17) is 9.72 Å². The monoisotopic (exact) mass is 449 g/mol. The number of methoxy groups -OCH3 is 1. The molecule has 1 aliphatic heterocycles. The van der Waals surface area contributed by atoms with Gasteiger partial charge in [-0.15, -0.1) is 0 Å². The summed E-state index contributed by atoms with van der Waals surface area (Å²) >= 11 is 0. The molecule has 1 fully saturated rings. The molecule has 1 saturated heterocycles. The molecule has 0 radical (unpaired) electrons. The van der Waals surface area contributed by atoms with Crippen LogP contribution in [0, 0.1) is 0 Å². The molecule has 0 unspecified atom stereocenters. The van der Waals surface area contributed by atoms with Crippen LogP contribution in [0.3, 0.4) is 0 Å². The van der Waals surface area contributed by atoms with E-state index in [1.54, 1.807) is 13.3 Å². The fourth-order valence-electron chi connectivity index (χ4n) is 4.47. The molecule has 3 heterocycles. The smallest absolute Gasteiger partial charge is 0.356 e. The number of aromatic amines is 1. The zero-order chi connectivity index (χ0) is 22.9. The summed E-state index contributed by atoms with van der Waals surface area (Å²) in [5, 5.41) is 19.6. The number of H-pyrrole nitrogens is 1. The van der Waals surface area contributed by atoms with Crippen molar-refractivity contribution in [1.82, 2.24) is 25.1 Å². The number of fused-ring (bicyclic) bond motifs is 3. The molecule has 10 nitrogen and oxygen atoms in total. The molecule has 172 valence electrons. The largest absolute Gasteiger partial charge is 0.494 e. The predicted octanol–water partition coefficient (Wildman–Crippen LogP) is 2.56. The van der Waals surface area contributed by atoms with Crippen LogP contribution < -0.4 is 15.0 Å². The molecule has 5 rings (SSSR count). The lowest BCUT2D eigenvalue weighted by Crippen LogP contribution is -2.44. The average molecular weight is 450 g/mol. The Labute approximate surface area is 191 Å². The van der Waals surface area contributed by atoms with Crippen molar-refractivity contribution >= 4 is 23.3 Å². The lowest BCUT2D eigenvalue weighted by atomic mass is 10.1. The van der Waals surface area contributed by atoms with Crippen LogP contribution in [-0.4, -0.2) is 76.5 Å². The van der Waals surface area contributed by atoms with E-state index in [0.29, 0.717) is 35.1 Å². The molecular formula is C23H27N7O3. The maximum absolute atomic E-state index is 11.5. The van der Waals surface area contributed by atoms with Gasteiger partial charge < -0.3 is 25.0 Å². The average Bonchev–Trinajstić information content (AvgIpc) is 3.16. The van der Waals surface area contributed by atoms with Crippen LogP contribution >= 0.6 is 0 Å². The van der Waals surface area contributed by atoms with E-state index in [9.17, 15) is 9.90 Å². The minimum absolute atomic E-state index is 0.0622. The molecule has 0 amide bonds. The third kappa shape index (κ3) is 4.09. The number of hydrogen-bond donors (Lipinski definition) is 3. The number of carboxylic acids is 1. The van der Waals surface area contributed by atoms with Gasteiger partial charge in [0.1, 0.15) is 5.75 Å². The molecule has 0 spiro atoms. The number of carboxylic acid groups (broad SMARTS) is 1. The molecule has 2 aliphatic rings. The molecule has 3 N–H and O–H groups in total. The number of hydrogen-bond acceptors (Lipinski definition) is 8. The number of nitrogens with zero attached hydrogens (tertiary/aromatic N) is 5. The number of aromatic nitrogens is 4. The summed E-state index contributed by atoms with van der Waals surface area (Å²) in [6, 6.07) is 6.08. The van der Waals surface area contributed by atoms with Crippen LogP contribution in [0.4, 0.5) is 17.3 Å². The second-order valence-corrected chi connectivity index (χ2v) is 8.45. The number of ether oxygens (including phenoxy) is 1. The van der Waals surface area contributed by atoms with Crippen LogP contribution in [0.2, 0.25) is 0 Å².